The lowest BCUT2D eigenvalue weighted by Crippen LogP contribution is -2.23. The lowest BCUT2D eigenvalue weighted by atomic mass is 9.83. The van der Waals surface area contributed by atoms with E-state index < -0.39 is 0 Å². The van der Waals surface area contributed by atoms with Crippen LogP contribution < -0.4 is 10.4 Å². The van der Waals surface area contributed by atoms with Crippen molar-refractivity contribution in [3.05, 3.63) is 94.4 Å². The second-order valence-electron chi connectivity index (χ2n) is 10.0. The van der Waals surface area contributed by atoms with E-state index in [2.05, 4.69) is 127 Å². The van der Waals surface area contributed by atoms with Crippen LogP contribution in [-0.2, 0) is 0 Å². The molecule has 0 atom stereocenters. The maximum atomic E-state index is 2.44. The quantitative estimate of drug-likeness (QED) is 0.244. The third-order valence-electron chi connectivity index (χ3n) is 7.27. The molecule has 0 radical (unpaired) electrons. The highest BCUT2D eigenvalue weighted by Gasteiger charge is 2.18. The first-order valence-corrected chi connectivity index (χ1v) is 12.6. The molecule has 0 heterocycles. The number of allylic oxidation sites excluding steroid dienone is 2. The third kappa shape index (κ3) is 3.53. The van der Waals surface area contributed by atoms with Crippen molar-refractivity contribution in [3.63, 3.8) is 0 Å². The Bertz CT molecular complexity index is 1660. The van der Waals surface area contributed by atoms with Crippen molar-refractivity contribution in [2.45, 2.75) is 53.4 Å². The first kappa shape index (κ1) is 22.4. The van der Waals surface area contributed by atoms with Crippen LogP contribution in [-0.4, -0.2) is 0 Å². The molecule has 0 heteroatoms. The Hall–Kier alpha value is -3.38. The van der Waals surface area contributed by atoms with E-state index in [0.717, 1.165) is 0 Å². The van der Waals surface area contributed by atoms with Crippen LogP contribution in [0.4, 0.5) is 0 Å². The van der Waals surface area contributed by atoms with Gasteiger partial charge in [0.2, 0.25) is 0 Å². The molecule has 34 heavy (non-hydrogen) atoms. The van der Waals surface area contributed by atoms with E-state index in [1.165, 1.54) is 65.0 Å². The van der Waals surface area contributed by atoms with Gasteiger partial charge in [0.1, 0.15) is 0 Å². The zero-order valence-electron chi connectivity index (χ0n) is 21.2. The van der Waals surface area contributed by atoms with Gasteiger partial charge in [-0.3, -0.25) is 0 Å². The summed E-state index contributed by atoms with van der Waals surface area (Å²) in [6.07, 6.45) is 8.60. The molecule has 0 spiro atoms. The van der Waals surface area contributed by atoms with Gasteiger partial charge in [0.05, 0.1) is 0 Å². The van der Waals surface area contributed by atoms with Crippen LogP contribution in [0, 0.1) is 0 Å². The van der Waals surface area contributed by atoms with Crippen LogP contribution in [0.1, 0.15) is 64.5 Å². The normalized spacial score (nSPS) is 13.8. The van der Waals surface area contributed by atoms with E-state index in [0.29, 0.717) is 11.8 Å². The molecular formula is C34H34. The van der Waals surface area contributed by atoms with Crippen LogP contribution in [0.2, 0.25) is 0 Å². The van der Waals surface area contributed by atoms with Crippen LogP contribution >= 0.6 is 0 Å². The third-order valence-corrected chi connectivity index (χ3v) is 7.27. The lowest BCUT2D eigenvalue weighted by molar-refractivity contribution is 0.876. The molecule has 170 valence electrons. The van der Waals surface area contributed by atoms with Gasteiger partial charge in [0.15, 0.2) is 0 Å². The highest BCUT2D eigenvalue weighted by Crippen LogP contribution is 2.44. The number of hydrogen-bond donors (Lipinski definition) is 0. The topological polar surface area (TPSA) is 0 Å². The molecule has 5 aromatic carbocycles. The Kier molecular flexibility index (Phi) is 5.78. The first-order chi connectivity index (χ1) is 16.4. The standard InChI is InChI=1S/C34H34/c1-7-9-10-24-11-12-26(19-23(24)8-2)32-20-31(22(5)6)29-16-14-25-13-15-27(21(3)4)28-17-18-30(32)34(29)33(25)28/h7-22H,1-6H3/b9-7-,23-8-,24-10-. The predicted molar refractivity (Wildman–Crippen MR) is 152 cm³/mol. The summed E-state index contributed by atoms with van der Waals surface area (Å²) in [7, 11) is 0. The van der Waals surface area contributed by atoms with Crippen LogP contribution in [0.3, 0.4) is 0 Å². The molecule has 0 saturated carbocycles. The van der Waals surface area contributed by atoms with E-state index in [1.54, 1.807) is 0 Å². The number of hydrogen-bond acceptors (Lipinski definition) is 0. The molecule has 0 unspecified atom stereocenters. The lowest BCUT2D eigenvalue weighted by Gasteiger charge is -2.21. The maximum Gasteiger partial charge on any atom is -0.00176 e. The molecule has 0 amide bonds. The summed E-state index contributed by atoms with van der Waals surface area (Å²) in [6, 6.07) is 23.4. The molecule has 0 saturated heterocycles. The Morgan fingerprint density at radius 1 is 0.618 bits per heavy atom. The smallest absolute Gasteiger partial charge is 0.00176 e. The van der Waals surface area contributed by atoms with E-state index in [-0.39, 0.29) is 0 Å². The summed E-state index contributed by atoms with van der Waals surface area (Å²) in [4.78, 5) is 0. The molecule has 5 rings (SSSR count). The van der Waals surface area contributed by atoms with E-state index >= 15 is 0 Å². The molecular weight excluding hydrogens is 408 g/mol. The molecule has 0 nitrogen and oxygen atoms in total. The average molecular weight is 443 g/mol. The fourth-order valence-electron chi connectivity index (χ4n) is 5.51. The Labute approximate surface area is 203 Å². The molecule has 0 aliphatic rings. The Morgan fingerprint density at radius 3 is 2.00 bits per heavy atom. The fourth-order valence-corrected chi connectivity index (χ4v) is 5.51. The predicted octanol–water partition coefficient (Wildman–Crippen LogP) is 8.65. The summed E-state index contributed by atoms with van der Waals surface area (Å²) in [6.45, 7) is 13.4. The van der Waals surface area contributed by atoms with Crippen molar-refractivity contribution < 1.29 is 0 Å². The minimum Gasteiger partial charge on any atom is -0.0876 e. The van der Waals surface area contributed by atoms with Crippen molar-refractivity contribution >= 4 is 44.5 Å². The summed E-state index contributed by atoms with van der Waals surface area (Å²) in [5.74, 6) is 0.949. The summed E-state index contributed by atoms with van der Waals surface area (Å²) in [5, 5.41) is 10.9. The van der Waals surface area contributed by atoms with Gasteiger partial charge in [-0.1, -0.05) is 101 Å². The van der Waals surface area contributed by atoms with Gasteiger partial charge in [-0.25, -0.2) is 0 Å². The molecule has 0 fully saturated rings. The SMILES string of the molecule is C\C=C/C=c1/ccc(-c2cc(C(C)C)c3ccc4ccc(C(C)C)c5ccc2c3c45)c/c1=C/C. The van der Waals surface area contributed by atoms with Crippen molar-refractivity contribution in [3.8, 4) is 11.1 Å². The van der Waals surface area contributed by atoms with Crippen molar-refractivity contribution in [2.75, 3.05) is 0 Å². The number of benzene rings is 5. The molecule has 0 aromatic heterocycles. The van der Waals surface area contributed by atoms with Gasteiger partial charge >= 0.3 is 0 Å². The molecule has 0 aliphatic carbocycles. The first-order valence-electron chi connectivity index (χ1n) is 12.6. The molecule has 5 aromatic rings. The largest absolute Gasteiger partial charge is 0.0876 e. The average Bonchev–Trinajstić information content (AvgIpc) is 2.85. The Balaban J connectivity index is 1.93. The van der Waals surface area contributed by atoms with Gasteiger partial charge in [0.25, 0.3) is 0 Å². The maximum absolute atomic E-state index is 2.44. The number of rotatable bonds is 4. The van der Waals surface area contributed by atoms with Gasteiger partial charge in [-0.15, -0.1) is 0 Å². The van der Waals surface area contributed by atoms with Crippen molar-refractivity contribution in [2.24, 2.45) is 0 Å². The second-order valence-corrected chi connectivity index (χ2v) is 10.0. The highest BCUT2D eigenvalue weighted by atomic mass is 14.2. The fraction of sp³-hybridized carbons (Fsp3) is 0.235. The summed E-state index contributed by atoms with van der Waals surface area (Å²) >= 11 is 0. The minimum atomic E-state index is 0.451. The second kappa shape index (κ2) is 8.76. The van der Waals surface area contributed by atoms with E-state index in [4.69, 9.17) is 0 Å². The van der Waals surface area contributed by atoms with Crippen molar-refractivity contribution in [1.29, 1.82) is 0 Å². The van der Waals surface area contributed by atoms with Gasteiger partial charge in [-0.2, -0.15) is 0 Å². The molecule has 0 aliphatic heterocycles. The highest BCUT2D eigenvalue weighted by molar-refractivity contribution is 6.26. The van der Waals surface area contributed by atoms with Gasteiger partial charge in [0, 0.05) is 0 Å². The van der Waals surface area contributed by atoms with Crippen LogP contribution in [0.15, 0.2) is 72.8 Å². The Morgan fingerprint density at radius 2 is 1.29 bits per heavy atom. The van der Waals surface area contributed by atoms with Crippen molar-refractivity contribution in [1.82, 2.24) is 0 Å². The van der Waals surface area contributed by atoms with E-state index in [1.807, 2.05) is 0 Å². The zero-order chi connectivity index (χ0) is 24.0. The summed E-state index contributed by atoms with van der Waals surface area (Å²) in [5.41, 5.74) is 5.49. The summed E-state index contributed by atoms with van der Waals surface area (Å²) < 4.78 is 0. The minimum absolute atomic E-state index is 0.451. The molecule has 0 N–H and O–H groups in total. The van der Waals surface area contributed by atoms with Crippen LogP contribution in [0.25, 0.3) is 55.6 Å². The van der Waals surface area contributed by atoms with Gasteiger partial charge < -0.3 is 0 Å². The monoisotopic (exact) mass is 442 g/mol. The van der Waals surface area contributed by atoms with Gasteiger partial charge in [-0.05, 0) is 103 Å². The van der Waals surface area contributed by atoms with Crippen LogP contribution in [0.5, 0.6) is 0 Å². The zero-order valence-corrected chi connectivity index (χ0v) is 21.2. The molecule has 0 bridgehead atoms. The van der Waals surface area contributed by atoms with E-state index in [9.17, 15) is 0 Å².